The lowest BCUT2D eigenvalue weighted by atomic mass is 10.2. The molecule has 0 radical (unpaired) electrons. The minimum Gasteiger partial charge on any atom is -0.358 e. The van der Waals surface area contributed by atoms with Crippen molar-refractivity contribution < 1.29 is 13.6 Å². The van der Waals surface area contributed by atoms with E-state index in [9.17, 15) is 13.6 Å². The molecule has 1 amide bonds. The van der Waals surface area contributed by atoms with Crippen LogP contribution in [0.25, 0.3) is 0 Å². The van der Waals surface area contributed by atoms with Gasteiger partial charge in [-0.1, -0.05) is 0 Å². The lowest BCUT2D eigenvalue weighted by molar-refractivity contribution is -0.122. The molecule has 1 rings (SSSR count). The molecule has 0 aromatic heterocycles. The fourth-order valence-electron chi connectivity index (χ4n) is 1.25. The third-order valence-corrected chi connectivity index (χ3v) is 2.25. The number of benzene rings is 1. The molecule has 0 heterocycles. The van der Waals surface area contributed by atoms with Gasteiger partial charge in [-0.05, 0) is 25.1 Å². The zero-order valence-corrected chi connectivity index (χ0v) is 9.18. The van der Waals surface area contributed by atoms with Crippen molar-refractivity contribution in [1.82, 2.24) is 10.6 Å². The van der Waals surface area contributed by atoms with Crippen molar-refractivity contribution >= 4 is 5.91 Å². The van der Waals surface area contributed by atoms with Gasteiger partial charge in [0, 0.05) is 19.2 Å². The molecule has 0 spiro atoms. The summed E-state index contributed by atoms with van der Waals surface area (Å²) in [7, 11) is 1.52. The van der Waals surface area contributed by atoms with Crippen LogP contribution in [0.5, 0.6) is 0 Å². The van der Waals surface area contributed by atoms with E-state index in [0.717, 1.165) is 18.2 Å². The van der Waals surface area contributed by atoms with E-state index in [4.69, 9.17) is 0 Å². The van der Waals surface area contributed by atoms with Gasteiger partial charge in [0.25, 0.3) is 0 Å². The average molecular weight is 228 g/mol. The van der Waals surface area contributed by atoms with E-state index >= 15 is 0 Å². The van der Waals surface area contributed by atoms with Crippen LogP contribution in [0.15, 0.2) is 18.2 Å². The standard InChI is InChI=1S/C11H14F2N2O/c1-7(11(16)14-2)15-6-8-5-9(12)3-4-10(8)13/h3-5,7,15H,6H2,1-2H3,(H,14,16). The molecule has 5 heteroatoms. The number of carbonyl (C=O) groups is 1. The molecule has 0 aliphatic carbocycles. The Morgan fingerprint density at radius 1 is 1.44 bits per heavy atom. The molecule has 16 heavy (non-hydrogen) atoms. The number of amides is 1. The maximum absolute atomic E-state index is 13.2. The lowest BCUT2D eigenvalue weighted by Crippen LogP contribution is -2.40. The molecule has 3 nitrogen and oxygen atoms in total. The van der Waals surface area contributed by atoms with E-state index in [-0.39, 0.29) is 18.0 Å². The highest BCUT2D eigenvalue weighted by Crippen LogP contribution is 2.09. The smallest absolute Gasteiger partial charge is 0.236 e. The molecular formula is C11H14F2N2O. The lowest BCUT2D eigenvalue weighted by Gasteiger charge is -2.12. The molecule has 1 aromatic carbocycles. The number of carbonyl (C=O) groups excluding carboxylic acids is 1. The fourth-order valence-corrected chi connectivity index (χ4v) is 1.25. The first kappa shape index (κ1) is 12.6. The van der Waals surface area contributed by atoms with Crippen molar-refractivity contribution in [3.05, 3.63) is 35.4 Å². The number of nitrogens with one attached hydrogen (secondary N) is 2. The second-order valence-electron chi connectivity index (χ2n) is 3.45. The highest BCUT2D eigenvalue weighted by Gasteiger charge is 2.11. The summed E-state index contributed by atoms with van der Waals surface area (Å²) in [4.78, 5) is 11.1. The van der Waals surface area contributed by atoms with Gasteiger partial charge in [0.05, 0.1) is 6.04 Å². The molecule has 0 saturated heterocycles. The zero-order chi connectivity index (χ0) is 12.1. The Labute approximate surface area is 92.8 Å². The molecule has 2 N–H and O–H groups in total. The van der Waals surface area contributed by atoms with E-state index in [1.54, 1.807) is 6.92 Å². The van der Waals surface area contributed by atoms with E-state index in [1.807, 2.05) is 0 Å². The zero-order valence-electron chi connectivity index (χ0n) is 9.18. The van der Waals surface area contributed by atoms with Gasteiger partial charge >= 0.3 is 0 Å². The number of hydrogen-bond donors (Lipinski definition) is 2. The number of rotatable bonds is 4. The van der Waals surface area contributed by atoms with Crippen LogP contribution in [-0.2, 0) is 11.3 Å². The Kier molecular flexibility index (Phi) is 4.37. The summed E-state index contributed by atoms with van der Waals surface area (Å²) < 4.78 is 26.0. The average Bonchev–Trinajstić information content (AvgIpc) is 2.28. The highest BCUT2D eigenvalue weighted by atomic mass is 19.1. The Morgan fingerprint density at radius 2 is 2.12 bits per heavy atom. The molecule has 0 aliphatic heterocycles. The summed E-state index contributed by atoms with van der Waals surface area (Å²) in [5.74, 6) is -1.18. The van der Waals surface area contributed by atoms with Gasteiger partial charge in [-0.3, -0.25) is 4.79 Å². The van der Waals surface area contributed by atoms with E-state index in [0.29, 0.717) is 0 Å². The maximum Gasteiger partial charge on any atom is 0.236 e. The topological polar surface area (TPSA) is 41.1 Å². The van der Waals surface area contributed by atoms with Crippen LogP contribution in [0.3, 0.4) is 0 Å². The number of halogens is 2. The molecular weight excluding hydrogens is 214 g/mol. The van der Waals surface area contributed by atoms with E-state index in [1.165, 1.54) is 7.05 Å². The first-order chi connectivity index (χ1) is 7.54. The summed E-state index contributed by atoms with van der Waals surface area (Å²) in [6.45, 7) is 1.76. The molecule has 0 bridgehead atoms. The molecule has 0 saturated carbocycles. The van der Waals surface area contributed by atoms with E-state index < -0.39 is 17.7 Å². The molecule has 88 valence electrons. The molecule has 1 unspecified atom stereocenters. The van der Waals surface area contributed by atoms with Crippen molar-refractivity contribution in [1.29, 1.82) is 0 Å². The Balaban J connectivity index is 2.60. The predicted molar refractivity (Wildman–Crippen MR) is 56.7 cm³/mol. The summed E-state index contributed by atoms with van der Waals surface area (Å²) in [6, 6.07) is 2.78. The maximum atomic E-state index is 13.2. The van der Waals surface area contributed by atoms with Gasteiger partial charge in [0.2, 0.25) is 5.91 Å². The monoisotopic (exact) mass is 228 g/mol. The van der Waals surface area contributed by atoms with Gasteiger partial charge in [0.15, 0.2) is 0 Å². The molecule has 0 aliphatic rings. The van der Waals surface area contributed by atoms with Crippen LogP contribution < -0.4 is 10.6 Å². The molecule has 0 fully saturated rings. The summed E-state index contributed by atoms with van der Waals surface area (Å²) in [5, 5.41) is 5.26. The van der Waals surface area contributed by atoms with Gasteiger partial charge in [-0.15, -0.1) is 0 Å². The second-order valence-corrected chi connectivity index (χ2v) is 3.45. The normalized spacial score (nSPS) is 12.2. The van der Waals surface area contributed by atoms with Gasteiger partial charge < -0.3 is 10.6 Å². The van der Waals surface area contributed by atoms with Crippen molar-refractivity contribution in [2.45, 2.75) is 19.5 Å². The molecule has 1 atom stereocenters. The third kappa shape index (κ3) is 3.27. The second kappa shape index (κ2) is 5.55. The first-order valence-corrected chi connectivity index (χ1v) is 4.93. The summed E-state index contributed by atoms with van der Waals surface area (Å²) >= 11 is 0. The van der Waals surface area contributed by atoms with Gasteiger partial charge in [-0.2, -0.15) is 0 Å². The minimum absolute atomic E-state index is 0.109. The fraction of sp³-hybridized carbons (Fsp3) is 0.364. The largest absolute Gasteiger partial charge is 0.358 e. The molecule has 1 aromatic rings. The van der Waals surface area contributed by atoms with Crippen LogP contribution in [0.4, 0.5) is 8.78 Å². The quantitative estimate of drug-likeness (QED) is 0.812. The number of likely N-dealkylation sites (N-methyl/N-ethyl adjacent to an activating group) is 1. The van der Waals surface area contributed by atoms with Crippen molar-refractivity contribution in [3.8, 4) is 0 Å². The Hall–Kier alpha value is -1.49. The van der Waals surface area contributed by atoms with Crippen molar-refractivity contribution in [2.75, 3.05) is 7.05 Å². The Morgan fingerprint density at radius 3 is 2.75 bits per heavy atom. The van der Waals surface area contributed by atoms with Crippen molar-refractivity contribution in [2.24, 2.45) is 0 Å². The van der Waals surface area contributed by atoms with Crippen LogP contribution in [0.2, 0.25) is 0 Å². The van der Waals surface area contributed by atoms with Crippen LogP contribution in [-0.4, -0.2) is 19.0 Å². The van der Waals surface area contributed by atoms with Gasteiger partial charge in [-0.25, -0.2) is 8.78 Å². The van der Waals surface area contributed by atoms with Crippen LogP contribution in [0.1, 0.15) is 12.5 Å². The van der Waals surface area contributed by atoms with Crippen molar-refractivity contribution in [3.63, 3.8) is 0 Å². The predicted octanol–water partition coefficient (Wildman–Crippen LogP) is 1.19. The van der Waals surface area contributed by atoms with Crippen LogP contribution >= 0.6 is 0 Å². The minimum atomic E-state index is -0.495. The first-order valence-electron chi connectivity index (χ1n) is 4.93. The van der Waals surface area contributed by atoms with Gasteiger partial charge in [0.1, 0.15) is 11.6 Å². The SMILES string of the molecule is CNC(=O)C(C)NCc1cc(F)ccc1F. The highest BCUT2D eigenvalue weighted by molar-refractivity contribution is 5.80. The Bertz CT molecular complexity index is 382. The third-order valence-electron chi connectivity index (χ3n) is 2.25. The summed E-state index contributed by atoms with van der Waals surface area (Å²) in [6.07, 6.45) is 0. The number of hydrogen-bond acceptors (Lipinski definition) is 2. The summed E-state index contributed by atoms with van der Waals surface area (Å²) in [5.41, 5.74) is 0.204. The van der Waals surface area contributed by atoms with Crippen LogP contribution in [0, 0.1) is 11.6 Å². The van der Waals surface area contributed by atoms with E-state index in [2.05, 4.69) is 10.6 Å².